The van der Waals surface area contributed by atoms with Crippen LogP contribution >= 0.6 is 7.82 Å². The third-order valence-electron chi connectivity index (χ3n) is 18.2. The molecule has 0 aromatic carbocycles. The van der Waals surface area contributed by atoms with Crippen LogP contribution in [0.25, 0.3) is 0 Å². The molecule has 0 saturated heterocycles. The van der Waals surface area contributed by atoms with Gasteiger partial charge in [-0.1, -0.05) is 394 Å². The molecule has 0 heterocycles. The molecule has 1 N–H and O–H groups in total. The van der Waals surface area contributed by atoms with Crippen LogP contribution in [0.4, 0.5) is 0 Å². The van der Waals surface area contributed by atoms with Crippen LogP contribution in [0.5, 0.6) is 0 Å². The smallest absolute Gasteiger partial charge is 0.462 e. The van der Waals surface area contributed by atoms with Gasteiger partial charge in [0.2, 0.25) is 0 Å². The molecule has 2 unspecified atom stereocenters. The number of unbranched alkanes of at least 4 members (excludes halogenated alkanes) is 48. The molecular formula is C85H157NO8P+. The van der Waals surface area contributed by atoms with Gasteiger partial charge in [0, 0.05) is 12.8 Å². The predicted octanol–water partition coefficient (Wildman–Crippen LogP) is 27.2. The van der Waals surface area contributed by atoms with Crippen molar-refractivity contribution in [1.29, 1.82) is 0 Å². The number of quaternary nitrogens is 1. The number of carbonyl (C=O) groups excluding carboxylic acids is 2. The maximum Gasteiger partial charge on any atom is 0.472 e. The van der Waals surface area contributed by atoms with Crippen LogP contribution in [0.3, 0.4) is 0 Å². The first kappa shape index (κ1) is 92.2. The highest BCUT2D eigenvalue weighted by Gasteiger charge is 2.27. The third kappa shape index (κ3) is 80.1. The summed E-state index contributed by atoms with van der Waals surface area (Å²) in [6.45, 7) is 4.37. The standard InChI is InChI=1S/C85H156NO8P/c1-6-8-10-12-14-16-18-20-22-24-26-28-30-32-34-36-38-39-40-41-42-43-44-45-46-48-49-51-53-55-57-59-61-63-65-67-69-71-73-75-77-84(87)91-81-83(82-93-95(89,90)92-80-79-86(3,4)5)94-85(88)78-76-74-72-70-68-66-64-62-60-58-56-54-52-50-47-37-35-33-31-29-27-25-23-21-19-17-15-13-11-9-7-2/h9,11,15,17,21,23,27,29,33,35,47,50,54,56,83H,6-8,10,12-14,16,18-20,22,24-26,28,30-32,34,36-46,48-49,51-53,55,57-82H2,1-5H3/p+1/b11-9-,17-15-,23-21-,29-27-,35-33-,50-47-,56-54-. The molecule has 0 aliphatic heterocycles. The summed E-state index contributed by atoms with van der Waals surface area (Å²) in [5.41, 5.74) is 0. The lowest BCUT2D eigenvalue weighted by Crippen LogP contribution is -2.37. The summed E-state index contributed by atoms with van der Waals surface area (Å²) in [5.74, 6) is -0.791. The minimum Gasteiger partial charge on any atom is -0.462 e. The monoisotopic (exact) mass is 1350 g/mol. The number of carbonyl (C=O) groups is 2. The Labute approximate surface area is 590 Å². The topological polar surface area (TPSA) is 108 Å². The fourth-order valence-electron chi connectivity index (χ4n) is 12.0. The molecule has 95 heavy (non-hydrogen) atoms. The van der Waals surface area contributed by atoms with Gasteiger partial charge in [0.25, 0.3) is 0 Å². The Hall–Kier alpha value is -2.81. The fourth-order valence-corrected chi connectivity index (χ4v) is 12.7. The molecule has 0 aromatic heterocycles. The third-order valence-corrected chi connectivity index (χ3v) is 19.2. The van der Waals surface area contributed by atoms with Crippen molar-refractivity contribution in [2.75, 3.05) is 47.5 Å². The molecule has 0 aromatic rings. The lowest BCUT2D eigenvalue weighted by Gasteiger charge is -2.24. The fraction of sp³-hybridized carbons (Fsp3) is 0.812. The van der Waals surface area contributed by atoms with Gasteiger partial charge in [0.1, 0.15) is 19.8 Å². The summed E-state index contributed by atoms with van der Waals surface area (Å²) >= 11 is 0. The first-order valence-corrected chi connectivity index (χ1v) is 42.3. The van der Waals surface area contributed by atoms with Crippen molar-refractivity contribution in [2.45, 2.75) is 399 Å². The van der Waals surface area contributed by atoms with E-state index in [4.69, 9.17) is 18.5 Å². The molecule has 0 bridgehead atoms. The number of hydrogen-bond donors (Lipinski definition) is 1. The van der Waals surface area contributed by atoms with Crippen molar-refractivity contribution in [3.63, 3.8) is 0 Å². The van der Waals surface area contributed by atoms with Crippen LogP contribution in [-0.4, -0.2) is 74.9 Å². The van der Waals surface area contributed by atoms with E-state index in [0.717, 1.165) is 89.9 Å². The number of phosphoric acid groups is 1. The molecule has 9 nitrogen and oxygen atoms in total. The molecule has 554 valence electrons. The molecule has 0 radical (unpaired) electrons. The second-order valence-electron chi connectivity index (χ2n) is 28.8. The Morgan fingerprint density at radius 1 is 0.337 bits per heavy atom. The summed E-state index contributed by atoms with van der Waals surface area (Å²) in [5, 5.41) is 0. The molecule has 0 fully saturated rings. The van der Waals surface area contributed by atoms with Crippen LogP contribution in [0, 0.1) is 0 Å². The maximum atomic E-state index is 12.9. The average molecular weight is 1350 g/mol. The molecular weight excluding hydrogens is 1190 g/mol. The van der Waals surface area contributed by atoms with Gasteiger partial charge in [-0.3, -0.25) is 18.6 Å². The number of hydrogen-bond acceptors (Lipinski definition) is 7. The first-order valence-electron chi connectivity index (χ1n) is 40.8. The summed E-state index contributed by atoms with van der Waals surface area (Å²) in [6, 6.07) is 0. The van der Waals surface area contributed by atoms with E-state index in [9.17, 15) is 19.0 Å². The maximum absolute atomic E-state index is 12.9. The molecule has 0 spiro atoms. The Kier molecular flexibility index (Phi) is 73.2. The van der Waals surface area contributed by atoms with E-state index in [-0.39, 0.29) is 32.0 Å². The zero-order chi connectivity index (χ0) is 69.0. The Morgan fingerprint density at radius 3 is 0.895 bits per heavy atom. The number of likely N-dealkylation sites (N-methyl/N-ethyl adjacent to an activating group) is 1. The largest absolute Gasteiger partial charge is 0.472 e. The van der Waals surface area contributed by atoms with Gasteiger partial charge < -0.3 is 18.9 Å². The van der Waals surface area contributed by atoms with Crippen molar-refractivity contribution in [3.05, 3.63) is 85.1 Å². The van der Waals surface area contributed by atoms with Crippen molar-refractivity contribution in [3.8, 4) is 0 Å². The minimum atomic E-state index is -4.40. The summed E-state index contributed by atoms with van der Waals surface area (Å²) in [6.07, 6.45) is 105. The van der Waals surface area contributed by atoms with E-state index >= 15 is 0 Å². The van der Waals surface area contributed by atoms with E-state index in [1.807, 2.05) is 21.1 Å². The predicted molar refractivity (Wildman–Crippen MR) is 413 cm³/mol. The zero-order valence-electron chi connectivity index (χ0n) is 63.4. The van der Waals surface area contributed by atoms with Crippen LogP contribution < -0.4 is 0 Å². The van der Waals surface area contributed by atoms with Crippen molar-refractivity contribution in [2.24, 2.45) is 0 Å². The van der Waals surface area contributed by atoms with E-state index < -0.39 is 26.5 Å². The number of ether oxygens (including phenoxy) is 2. The second kappa shape index (κ2) is 75.4. The number of allylic oxidation sites excluding steroid dienone is 14. The quantitative estimate of drug-likeness (QED) is 0.0211. The van der Waals surface area contributed by atoms with E-state index in [2.05, 4.69) is 98.9 Å². The van der Waals surface area contributed by atoms with E-state index in [0.29, 0.717) is 17.4 Å². The number of esters is 2. The van der Waals surface area contributed by atoms with Gasteiger partial charge in [-0.2, -0.15) is 0 Å². The molecule has 0 aliphatic carbocycles. The Bertz CT molecular complexity index is 1880. The number of phosphoric ester groups is 1. The minimum absolute atomic E-state index is 0.0287. The molecule has 0 saturated carbocycles. The lowest BCUT2D eigenvalue weighted by atomic mass is 10.0. The molecule has 2 atom stereocenters. The molecule has 10 heteroatoms. The van der Waals surface area contributed by atoms with Crippen LogP contribution in [0.2, 0.25) is 0 Å². The number of rotatable bonds is 76. The summed E-state index contributed by atoms with van der Waals surface area (Å²) < 4.78 is 34.8. The zero-order valence-corrected chi connectivity index (χ0v) is 64.3. The summed E-state index contributed by atoms with van der Waals surface area (Å²) in [7, 11) is 1.48. The van der Waals surface area contributed by atoms with Gasteiger partial charge in [0.15, 0.2) is 6.10 Å². The highest BCUT2D eigenvalue weighted by Crippen LogP contribution is 2.43. The first-order chi connectivity index (χ1) is 46.5. The van der Waals surface area contributed by atoms with Crippen molar-refractivity contribution in [1.82, 2.24) is 0 Å². The van der Waals surface area contributed by atoms with Gasteiger partial charge in [-0.05, 0) is 70.6 Å². The van der Waals surface area contributed by atoms with E-state index in [1.165, 1.54) is 270 Å². The Morgan fingerprint density at radius 2 is 0.600 bits per heavy atom. The Balaban J connectivity index is 3.93. The second-order valence-corrected chi connectivity index (χ2v) is 30.2. The van der Waals surface area contributed by atoms with Gasteiger partial charge in [-0.15, -0.1) is 0 Å². The van der Waals surface area contributed by atoms with Crippen LogP contribution in [0.1, 0.15) is 393 Å². The molecule has 0 amide bonds. The number of nitrogens with zero attached hydrogens (tertiary/aromatic N) is 1. The summed E-state index contributed by atoms with van der Waals surface area (Å²) in [4.78, 5) is 36.0. The van der Waals surface area contributed by atoms with Crippen LogP contribution in [0.15, 0.2) is 85.1 Å². The van der Waals surface area contributed by atoms with E-state index in [1.54, 1.807) is 0 Å². The highest BCUT2D eigenvalue weighted by atomic mass is 31.2. The molecule has 0 rings (SSSR count). The van der Waals surface area contributed by atoms with Gasteiger partial charge in [0.05, 0.1) is 27.7 Å². The van der Waals surface area contributed by atoms with Crippen molar-refractivity contribution < 1.29 is 42.1 Å². The average Bonchev–Trinajstić information content (AvgIpc) is 2.29. The SMILES string of the molecule is CC/C=C\C/C=C\C/C=C\C/C=C\C/C=C\C/C=C\C/C=C\CCCCCCCCCCCC(=O)OC(COC(=O)CCCCCCCCCCCCCCCCCCCCCCCCCCCCCCCCCCCCCCCCCC)COP(=O)(O)OCC[N+](C)(C)C. The normalized spacial score (nSPS) is 13.5. The molecule has 0 aliphatic rings. The van der Waals surface area contributed by atoms with Crippen LogP contribution in [-0.2, 0) is 32.7 Å². The van der Waals surface area contributed by atoms with Crippen molar-refractivity contribution >= 4 is 19.8 Å². The van der Waals surface area contributed by atoms with Gasteiger partial charge in [-0.25, -0.2) is 4.57 Å². The lowest BCUT2D eigenvalue weighted by molar-refractivity contribution is -0.870. The highest BCUT2D eigenvalue weighted by molar-refractivity contribution is 7.47. The van der Waals surface area contributed by atoms with Gasteiger partial charge >= 0.3 is 19.8 Å².